The van der Waals surface area contributed by atoms with E-state index in [9.17, 15) is 4.79 Å². The Kier molecular flexibility index (Phi) is 5.71. The van der Waals surface area contributed by atoms with Gasteiger partial charge in [0.25, 0.3) is 5.91 Å². The van der Waals surface area contributed by atoms with Crippen LogP contribution in [0.25, 0.3) is 10.6 Å². The Balaban J connectivity index is 1.98. The van der Waals surface area contributed by atoms with Gasteiger partial charge in [0.15, 0.2) is 0 Å². The van der Waals surface area contributed by atoms with Gasteiger partial charge in [0.05, 0.1) is 7.11 Å². The summed E-state index contributed by atoms with van der Waals surface area (Å²) in [4.78, 5) is 16.3. The number of nitrogens with two attached hydrogens (primary N) is 1. The number of unbranched alkanes of at least 4 members (excludes halogenated alkanes) is 1. The molecule has 0 atom stereocenters. The third-order valence-electron chi connectivity index (χ3n) is 2.99. The van der Waals surface area contributed by atoms with Crippen LogP contribution in [0, 0.1) is 0 Å². The number of benzene rings is 1. The van der Waals surface area contributed by atoms with E-state index in [0.29, 0.717) is 18.8 Å². The largest absolute Gasteiger partial charge is 0.497 e. The summed E-state index contributed by atoms with van der Waals surface area (Å²) in [6.45, 7) is 1.28. The van der Waals surface area contributed by atoms with Gasteiger partial charge >= 0.3 is 0 Å². The second-order valence-corrected chi connectivity index (χ2v) is 5.38. The number of ether oxygens (including phenoxy) is 1. The van der Waals surface area contributed by atoms with Crippen LogP contribution < -0.4 is 15.8 Å². The average Bonchev–Trinajstić information content (AvgIpc) is 3.01. The maximum atomic E-state index is 11.9. The van der Waals surface area contributed by atoms with E-state index in [1.54, 1.807) is 12.5 Å². The molecule has 2 rings (SSSR count). The third kappa shape index (κ3) is 4.27. The smallest absolute Gasteiger partial charge is 0.270 e. The molecule has 0 unspecified atom stereocenters. The number of hydrogen-bond acceptors (Lipinski definition) is 5. The van der Waals surface area contributed by atoms with E-state index in [1.165, 1.54) is 11.3 Å². The van der Waals surface area contributed by atoms with Crippen molar-refractivity contribution in [3.05, 3.63) is 35.3 Å². The van der Waals surface area contributed by atoms with Gasteiger partial charge in [0, 0.05) is 17.5 Å². The van der Waals surface area contributed by atoms with Crippen LogP contribution in [0.3, 0.4) is 0 Å². The van der Waals surface area contributed by atoms with Crippen molar-refractivity contribution in [2.45, 2.75) is 12.8 Å². The van der Waals surface area contributed by atoms with E-state index in [-0.39, 0.29) is 5.91 Å². The van der Waals surface area contributed by atoms with E-state index in [0.717, 1.165) is 29.2 Å². The van der Waals surface area contributed by atoms with Crippen molar-refractivity contribution in [1.82, 2.24) is 10.3 Å². The first-order valence-electron chi connectivity index (χ1n) is 6.83. The van der Waals surface area contributed by atoms with Crippen molar-refractivity contribution in [3.8, 4) is 16.3 Å². The average molecular weight is 305 g/mol. The van der Waals surface area contributed by atoms with Crippen LogP contribution in [0.4, 0.5) is 0 Å². The van der Waals surface area contributed by atoms with Crippen molar-refractivity contribution in [2.75, 3.05) is 20.2 Å². The zero-order chi connectivity index (χ0) is 15.1. The molecule has 21 heavy (non-hydrogen) atoms. The maximum Gasteiger partial charge on any atom is 0.270 e. The van der Waals surface area contributed by atoms with Crippen LogP contribution in [-0.4, -0.2) is 31.1 Å². The molecular formula is C15H19N3O2S. The number of methoxy groups -OCH3 is 1. The van der Waals surface area contributed by atoms with Crippen LogP contribution >= 0.6 is 11.3 Å². The molecule has 1 aromatic carbocycles. The molecule has 0 spiro atoms. The monoisotopic (exact) mass is 305 g/mol. The zero-order valence-corrected chi connectivity index (χ0v) is 12.8. The highest BCUT2D eigenvalue weighted by molar-refractivity contribution is 7.13. The number of rotatable bonds is 7. The number of aromatic nitrogens is 1. The summed E-state index contributed by atoms with van der Waals surface area (Å²) < 4.78 is 5.12. The Morgan fingerprint density at radius 3 is 2.76 bits per heavy atom. The molecule has 0 aliphatic heterocycles. The topological polar surface area (TPSA) is 77.2 Å². The van der Waals surface area contributed by atoms with Crippen LogP contribution in [0.1, 0.15) is 23.3 Å². The summed E-state index contributed by atoms with van der Waals surface area (Å²) in [5.41, 5.74) is 6.84. The standard InChI is InChI=1S/C15H19N3O2S/c1-20-12-6-4-11(5-7-12)15-18-13(10-21-15)14(19)17-9-3-2-8-16/h4-7,10H,2-3,8-9,16H2,1H3,(H,17,19). The maximum absolute atomic E-state index is 11.9. The van der Waals surface area contributed by atoms with E-state index >= 15 is 0 Å². The molecule has 112 valence electrons. The fourth-order valence-corrected chi connectivity index (χ4v) is 2.61. The number of amides is 1. The van der Waals surface area contributed by atoms with E-state index in [1.807, 2.05) is 24.3 Å². The molecule has 0 fully saturated rings. The molecule has 1 heterocycles. The Bertz CT molecular complexity index is 581. The van der Waals surface area contributed by atoms with Crippen LogP contribution in [0.15, 0.2) is 29.6 Å². The number of carbonyl (C=O) groups is 1. The summed E-state index contributed by atoms with van der Waals surface area (Å²) in [7, 11) is 1.63. The third-order valence-corrected chi connectivity index (χ3v) is 3.88. The highest BCUT2D eigenvalue weighted by Crippen LogP contribution is 2.25. The van der Waals surface area contributed by atoms with Gasteiger partial charge in [-0.3, -0.25) is 4.79 Å². The normalized spacial score (nSPS) is 10.4. The molecule has 0 aliphatic carbocycles. The summed E-state index contributed by atoms with van der Waals surface area (Å²) in [6, 6.07) is 7.62. The van der Waals surface area contributed by atoms with Crippen molar-refractivity contribution < 1.29 is 9.53 Å². The van der Waals surface area contributed by atoms with E-state index in [4.69, 9.17) is 10.5 Å². The summed E-state index contributed by atoms with van der Waals surface area (Å²) in [5, 5.41) is 5.45. The van der Waals surface area contributed by atoms with Gasteiger partial charge in [0.1, 0.15) is 16.5 Å². The minimum atomic E-state index is -0.136. The second-order valence-electron chi connectivity index (χ2n) is 4.52. The molecule has 0 saturated carbocycles. The minimum absolute atomic E-state index is 0.136. The van der Waals surface area contributed by atoms with Gasteiger partial charge in [-0.05, 0) is 43.7 Å². The minimum Gasteiger partial charge on any atom is -0.497 e. The van der Waals surface area contributed by atoms with Crippen LogP contribution in [0.5, 0.6) is 5.75 Å². The first-order valence-corrected chi connectivity index (χ1v) is 7.71. The number of hydrogen-bond donors (Lipinski definition) is 2. The van der Waals surface area contributed by atoms with Gasteiger partial charge in [-0.1, -0.05) is 0 Å². The lowest BCUT2D eigenvalue weighted by Gasteiger charge is -2.02. The Morgan fingerprint density at radius 1 is 1.33 bits per heavy atom. The second kappa shape index (κ2) is 7.75. The molecule has 5 nitrogen and oxygen atoms in total. The van der Waals surface area contributed by atoms with E-state index in [2.05, 4.69) is 10.3 Å². The van der Waals surface area contributed by atoms with E-state index < -0.39 is 0 Å². The van der Waals surface area contributed by atoms with Gasteiger partial charge in [-0.25, -0.2) is 4.98 Å². The van der Waals surface area contributed by atoms with Gasteiger partial charge < -0.3 is 15.8 Å². The predicted octanol–water partition coefficient (Wildman–Crippen LogP) is 2.29. The van der Waals surface area contributed by atoms with Crippen molar-refractivity contribution >= 4 is 17.2 Å². The highest BCUT2D eigenvalue weighted by atomic mass is 32.1. The molecular weight excluding hydrogens is 286 g/mol. The first kappa shape index (κ1) is 15.5. The molecule has 0 saturated heterocycles. The van der Waals surface area contributed by atoms with Crippen LogP contribution in [0.2, 0.25) is 0 Å². The molecule has 1 aromatic heterocycles. The molecule has 0 aliphatic rings. The molecule has 0 radical (unpaired) electrons. The number of carbonyl (C=O) groups excluding carboxylic acids is 1. The van der Waals surface area contributed by atoms with Gasteiger partial charge in [-0.15, -0.1) is 11.3 Å². The lowest BCUT2D eigenvalue weighted by molar-refractivity contribution is 0.0949. The summed E-state index contributed by atoms with van der Waals surface area (Å²) in [6.07, 6.45) is 1.80. The lowest BCUT2D eigenvalue weighted by atomic mass is 10.2. The molecule has 2 aromatic rings. The summed E-state index contributed by atoms with van der Waals surface area (Å²) in [5.74, 6) is 0.663. The Labute approximate surface area is 128 Å². The van der Waals surface area contributed by atoms with Crippen molar-refractivity contribution in [1.29, 1.82) is 0 Å². The number of nitrogens with zero attached hydrogens (tertiary/aromatic N) is 1. The molecule has 3 N–H and O–H groups in total. The fourth-order valence-electron chi connectivity index (χ4n) is 1.81. The zero-order valence-electron chi connectivity index (χ0n) is 12.0. The number of thiazole rings is 1. The Hall–Kier alpha value is -1.92. The quantitative estimate of drug-likeness (QED) is 0.769. The highest BCUT2D eigenvalue weighted by Gasteiger charge is 2.11. The predicted molar refractivity (Wildman–Crippen MR) is 84.7 cm³/mol. The Morgan fingerprint density at radius 2 is 2.10 bits per heavy atom. The number of nitrogens with one attached hydrogen (secondary N) is 1. The SMILES string of the molecule is COc1ccc(-c2nc(C(=O)NCCCCN)cs2)cc1. The van der Waals surface area contributed by atoms with Crippen molar-refractivity contribution in [2.24, 2.45) is 5.73 Å². The van der Waals surface area contributed by atoms with Gasteiger partial charge in [0.2, 0.25) is 0 Å². The first-order chi connectivity index (χ1) is 10.2. The molecule has 0 bridgehead atoms. The summed E-state index contributed by atoms with van der Waals surface area (Å²) >= 11 is 1.46. The molecule has 6 heteroatoms. The van der Waals surface area contributed by atoms with Crippen LogP contribution in [-0.2, 0) is 0 Å². The fraction of sp³-hybridized carbons (Fsp3) is 0.333. The lowest BCUT2D eigenvalue weighted by Crippen LogP contribution is -2.25. The van der Waals surface area contributed by atoms with Crippen molar-refractivity contribution in [3.63, 3.8) is 0 Å². The molecule has 1 amide bonds. The van der Waals surface area contributed by atoms with Gasteiger partial charge in [-0.2, -0.15) is 0 Å².